The highest BCUT2D eigenvalue weighted by Crippen LogP contribution is 2.42. The number of hydrogen-bond donors (Lipinski definition) is 2. The lowest BCUT2D eigenvalue weighted by Gasteiger charge is -2.25. The fourth-order valence-corrected chi connectivity index (χ4v) is 2.75. The first-order chi connectivity index (χ1) is 8.91. The third-order valence-electron chi connectivity index (χ3n) is 3.83. The highest BCUT2D eigenvalue weighted by Gasteiger charge is 2.39. The van der Waals surface area contributed by atoms with Gasteiger partial charge in [-0.05, 0) is 24.3 Å². The van der Waals surface area contributed by atoms with Gasteiger partial charge in [-0.25, -0.2) is 0 Å². The van der Waals surface area contributed by atoms with Gasteiger partial charge in [0.2, 0.25) is 0 Å². The van der Waals surface area contributed by atoms with Crippen molar-refractivity contribution in [2.24, 2.45) is 5.73 Å². The zero-order valence-electron chi connectivity index (χ0n) is 10.6. The normalized spacial score (nSPS) is 19.4. The van der Waals surface area contributed by atoms with Gasteiger partial charge in [0, 0.05) is 5.56 Å². The monoisotopic (exact) mass is 273 g/mol. The standard InChI is InChI=1S/C14H18F3NO/c15-14(16,17)13(18)11-8-4-7-10(12(11)19)9-5-2-1-3-6-9/h4,7-9,13,19H,1-3,5-6,18H2/t13-/m0/s1. The lowest BCUT2D eigenvalue weighted by molar-refractivity contribution is -0.149. The summed E-state index contributed by atoms with van der Waals surface area (Å²) in [6.45, 7) is 0. The largest absolute Gasteiger partial charge is 0.507 e. The Hall–Kier alpha value is -1.23. The number of benzene rings is 1. The third-order valence-corrected chi connectivity index (χ3v) is 3.83. The molecule has 2 nitrogen and oxygen atoms in total. The van der Waals surface area contributed by atoms with Crippen molar-refractivity contribution in [1.82, 2.24) is 0 Å². The Bertz CT molecular complexity index is 439. The summed E-state index contributed by atoms with van der Waals surface area (Å²) in [5.41, 5.74) is 5.57. The second-order valence-corrected chi connectivity index (χ2v) is 5.14. The summed E-state index contributed by atoms with van der Waals surface area (Å²) in [7, 11) is 0. The first kappa shape index (κ1) is 14.2. The van der Waals surface area contributed by atoms with Crippen LogP contribution < -0.4 is 5.73 Å². The molecule has 1 fully saturated rings. The Balaban J connectivity index is 2.32. The van der Waals surface area contributed by atoms with Crippen molar-refractivity contribution in [3.63, 3.8) is 0 Å². The van der Waals surface area contributed by atoms with Crippen molar-refractivity contribution in [1.29, 1.82) is 0 Å². The predicted molar refractivity (Wildman–Crippen MR) is 66.9 cm³/mol. The van der Waals surface area contributed by atoms with E-state index in [1.807, 2.05) is 0 Å². The summed E-state index contributed by atoms with van der Waals surface area (Å²) in [5, 5.41) is 10.1. The maximum absolute atomic E-state index is 12.7. The molecule has 19 heavy (non-hydrogen) atoms. The van der Waals surface area contributed by atoms with Crippen LogP contribution in [0.15, 0.2) is 18.2 Å². The van der Waals surface area contributed by atoms with Gasteiger partial charge in [-0.1, -0.05) is 37.5 Å². The van der Waals surface area contributed by atoms with E-state index in [0.717, 1.165) is 32.1 Å². The number of halogens is 3. The molecule has 0 heterocycles. The van der Waals surface area contributed by atoms with E-state index < -0.39 is 12.2 Å². The zero-order valence-corrected chi connectivity index (χ0v) is 10.6. The summed E-state index contributed by atoms with van der Waals surface area (Å²) < 4.78 is 38.0. The van der Waals surface area contributed by atoms with Crippen LogP contribution in [0.25, 0.3) is 0 Å². The quantitative estimate of drug-likeness (QED) is 0.855. The van der Waals surface area contributed by atoms with Crippen molar-refractivity contribution in [3.8, 4) is 5.75 Å². The van der Waals surface area contributed by atoms with Crippen molar-refractivity contribution < 1.29 is 18.3 Å². The zero-order chi connectivity index (χ0) is 14.0. The molecule has 0 unspecified atom stereocenters. The van der Waals surface area contributed by atoms with E-state index in [-0.39, 0.29) is 17.2 Å². The van der Waals surface area contributed by atoms with E-state index >= 15 is 0 Å². The highest BCUT2D eigenvalue weighted by molar-refractivity contribution is 5.44. The lowest BCUT2D eigenvalue weighted by atomic mass is 9.82. The molecule has 3 N–H and O–H groups in total. The molecule has 0 amide bonds. The maximum atomic E-state index is 12.7. The molecule has 1 aromatic carbocycles. The molecule has 0 spiro atoms. The number of rotatable bonds is 2. The van der Waals surface area contributed by atoms with Gasteiger partial charge in [-0.2, -0.15) is 13.2 Å². The summed E-state index contributed by atoms with van der Waals surface area (Å²) in [6.07, 6.45) is 0.553. The molecule has 0 radical (unpaired) electrons. The fourth-order valence-electron chi connectivity index (χ4n) is 2.75. The van der Waals surface area contributed by atoms with E-state index in [9.17, 15) is 18.3 Å². The van der Waals surface area contributed by atoms with E-state index in [1.54, 1.807) is 12.1 Å². The first-order valence-electron chi connectivity index (χ1n) is 6.55. The van der Waals surface area contributed by atoms with Crippen LogP contribution in [-0.4, -0.2) is 11.3 Å². The first-order valence-corrected chi connectivity index (χ1v) is 6.55. The summed E-state index contributed by atoms with van der Waals surface area (Å²) in [4.78, 5) is 0. The van der Waals surface area contributed by atoms with Crippen LogP contribution in [0, 0.1) is 0 Å². The van der Waals surface area contributed by atoms with Crippen molar-refractivity contribution in [2.45, 2.75) is 50.2 Å². The van der Waals surface area contributed by atoms with Crippen LogP contribution >= 0.6 is 0 Å². The minimum Gasteiger partial charge on any atom is -0.507 e. The molecule has 1 aliphatic carbocycles. The predicted octanol–water partition coefficient (Wildman–Crippen LogP) is 4.00. The second kappa shape index (κ2) is 5.41. The van der Waals surface area contributed by atoms with E-state index in [1.165, 1.54) is 6.07 Å². The van der Waals surface area contributed by atoms with Gasteiger partial charge in [-0.3, -0.25) is 0 Å². The Kier molecular flexibility index (Phi) is 4.04. The summed E-state index contributed by atoms with van der Waals surface area (Å²) in [6, 6.07) is 2.37. The average molecular weight is 273 g/mol. The summed E-state index contributed by atoms with van der Waals surface area (Å²) in [5.74, 6) is -0.131. The SMILES string of the molecule is N[C@@H](c1cccc(C2CCCCC2)c1O)C(F)(F)F. The van der Waals surface area contributed by atoms with Crippen LogP contribution in [0.1, 0.15) is 55.2 Å². The van der Waals surface area contributed by atoms with Crippen molar-refractivity contribution in [3.05, 3.63) is 29.3 Å². The Morgan fingerprint density at radius 2 is 1.79 bits per heavy atom. The highest BCUT2D eigenvalue weighted by atomic mass is 19.4. The minimum absolute atomic E-state index is 0.147. The number of nitrogens with two attached hydrogens (primary N) is 1. The van der Waals surface area contributed by atoms with Gasteiger partial charge < -0.3 is 10.8 Å². The van der Waals surface area contributed by atoms with Gasteiger partial charge in [0.05, 0.1) is 0 Å². The number of para-hydroxylation sites is 1. The van der Waals surface area contributed by atoms with Crippen LogP contribution in [0.3, 0.4) is 0 Å². The second-order valence-electron chi connectivity index (χ2n) is 5.14. The summed E-state index contributed by atoms with van der Waals surface area (Å²) >= 11 is 0. The van der Waals surface area contributed by atoms with Crippen molar-refractivity contribution in [2.75, 3.05) is 0 Å². The number of hydrogen-bond acceptors (Lipinski definition) is 2. The molecule has 1 saturated carbocycles. The minimum atomic E-state index is -4.54. The van der Waals surface area contributed by atoms with Gasteiger partial charge >= 0.3 is 6.18 Å². The Morgan fingerprint density at radius 1 is 1.16 bits per heavy atom. The number of alkyl halides is 3. The molecule has 0 saturated heterocycles. The fraction of sp³-hybridized carbons (Fsp3) is 0.571. The van der Waals surface area contributed by atoms with Crippen LogP contribution in [-0.2, 0) is 0 Å². The topological polar surface area (TPSA) is 46.2 Å². The van der Waals surface area contributed by atoms with Crippen LogP contribution in [0.2, 0.25) is 0 Å². The average Bonchev–Trinajstić information content (AvgIpc) is 2.38. The molecule has 0 aromatic heterocycles. The van der Waals surface area contributed by atoms with E-state index in [4.69, 9.17) is 5.73 Å². The smallest absolute Gasteiger partial charge is 0.407 e. The van der Waals surface area contributed by atoms with Gasteiger partial charge in [0.25, 0.3) is 0 Å². The van der Waals surface area contributed by atoms with Gasteiger partial charge in [-0.15, -0.1) is 0 Å². The van der Waals surface area contributed by atoms with Crippen molar-refractivity contribution >= 4 is 0 Å². The van der Waals surface area contributed by atoms with Gasteiger partial charge in [0.15, 0.2) is 0 Å². The molecule has 0 aliphatic heterocycles. The molecule has 1 atom stereocenters. The number of phenolic OH excluding ortho intramolecular Hbond substituents is 1. The Morgan fingerprint density at radius 3 is 2.37 bits per heavy atom. The van der Waals surface area contributed by atoms with E-state index in [2.05, 4.69) is 0 Å². The number of aromatic hydroxyl groups is 1. The van der Waals surface area contributed by atoms with Crippen LogP contribution in [0.4, 0.5) is 13.2 Å². The molecule has 1 aliphatic rings. The molecular weight excluding hydrogens is 255 g/mol. The Labute approximate surface area is 110 Å². The molecule has 1 aromatic rings. The lowest BCUT2D eigenvalue weighted by Crippen LogP contribution is -2.28. The van der Waals surface area contributed by atoms with Gasteiger partial charge in [0.1, 0.15) is 11.8 Å². The molecule has 5 heteroatoms. The maximum Gasteiger partial charge on any atom is 0.407 e. The molecule has 2 rings (SSSR count). The molecule has 106 valence electrons. The third kappa shape index (κ3) is 3.03. The van der Waals surface area contributed by atoms with E-state index in [0.29, 0.717) is 5.56 Å². The molecular formula is C14H18F3NO. The number of phenols is 1. The molecule has 0 bridgehead atoms. The van der Waals surface area contributed by atoms with Crippen LogP contribution in [0.5, 0.6) is 5.75 Å².